The highest BCUT2D eigenvalue weighted by atomic mass is 31.2. The van der Waals surface area contributed by atoms with Crippen LogP contribution in [0.15, 0.2) is 23.8 Å². The summed E-state index contributed by atoms with van der Waals surface area (Å²) >= 11 is 0. The van der Waals surface area contributed by atoms with E-state index in [1.807, 2.05) is 0 Å². The van der Waals surface area contributed by atoms with Crippen molar-refractivity contribution >= 4 is 19.5 Å². The van der Waals surface area contributed by atoms with Gasteiger partial charge in [-0.1, -0.05) is 18.2 Å². The van der Waals surface area contributed by atoms with Gasteiger partial charge in [0.2, 0.25) is 0 Å². The lowest BCUT2D eigenvalue weighted by Gasteiger charge is -2.28. The van der Waals surface area contributed by atoms with Crippen LogP contribution in [0.25, 0.3) is 0 Å². The SMILES string of the molecule is O=C(O)C1=CC=CC(C(=O)O)(P(=O)(O)O)C1. The Bertz CT molecular complexity index is 443. The summed E-state index contributed by atoms with van der Waals surface area (Å²) < 4.78 is 11.2. The van der Waals surface area contributed by atoms with Gasteiger partial charge in [-0.05, 0) is 0 Å². The van der Waals surface area contributed by atoms with Gasteiger partial charge in [0.1, 0.15) is 0 Å². The predicted octanol–water partition coefficient (Wildman–Crippen LogP) is -0.0416. The second-order valence-corrected chi connectivity index (χ2v) is 5.19. The Balaban J connectivity index is 3.26. The molecule has 7 nitrogen and oxygen atoms in total. The third kappa shape index (κ3) is 1.92. The fourth-order valence-electron chi connectivity index (χ4n) is 1.35. The van der Waals surface area contributed by atoms with Gasteiger partial charge >= 0.3 is 19.5 Å². The summed E-state index contributed by atoms with van der Waals surface area (Å²) in [6.07, 6.45) is 2.22. The fraction of sp³-hybridized carbons (Fsp3) is 0.250. The Hall–Kier alpha value is -1.43. The maximum Gasteiger partial charge on any atom is 0.347 e. The first-order valence-electron chi connectivity index (χ1n) is 4.11. The minimum atomic E-state index is -5.00. The molecule has 1 aliphatic carbocycles. The minimum Gasteiger partial charge on any atom is -0.480 e. The van der Waals surface area contributed by atoms with Crippen LogP contribution in [0.3, 0.4) is 0 Å². The average Bonchev–Trinajstić information content (AvgIpc) is 2.15. The summed E-state index contributed by atoms with van der Waals surface area (Å²) in [5, 5.41) is 15.1. The van der Waals surface area contributed by atoms with E-state index >= 15 is 0 Å². The van der Waals surface area contributed by atoms with Crippen LogP contribution in [0.1, 0.15) is 6.42 Å². The lowest BCUT2D eigenvalue weighted by molar-refractivity contribution is -0.139. The van der Waals surface area contributed by atoms with Crippen LogP contribution < -0.4 is 0 Å². The quantitative estimate of drug-likeness (QED) is 0.515. The van der Waals surface area contributed by atoms with Crippen LogP contribution in [-0.4, -0.2) is 37.1 Å². The molecule has 0 aromatic rings. The zero-order chi connectivity index (χ0) is 12.6. The zero-order valence-corrected chi connectivity index (χ0v) is 8.79. The minimum absolute atomic E-state index is 0.353. The van der Waals surface area contributed by atoms with Crippen molar-refractivity contribution < 1.29 is 34.2 Å². The molecule has 1 unspecified atom stereocenters. The van der Waals surface area contributed by atoms with Crippen molar-refractivity contribution in [3.63, 3.8) is 0 Å². The molecule has 0 aromatic carbocycles. The van der Waals surface area contributed by atoms with E-state index in [1.165, 1.54) is 0 Å². The molecule has 0 bridgehead atoms. The van der Waals surface area contributed by atoms with E-state index in [1.54, 1.807) is 0 Å². The molecule has 1 atom stereocenters. The van der Waals surface area contributed by atoms with E-state index in [0.717, 1.165) is 18.2 Å². The number of carboxylic acids is 2. The lowest BCUT2D eigenvalue weighted by atomic mass is 9.93. The molecule has 1 rings (SSSR count). The molecule has 4 N–H and O–H groups in total. The van der Waals surface area contributed by atoms with Crippen molar-refractivity contribution in [2.75, 3.05) is 0 Å². The molecule has 0 spiro atoms. The fourth-order valence-corrected chi connectivity index (χ4v) is 2.26. The van der Waals surface area contributed by atoms with Crippen LogP contribution in [0.5, 0.6) is 0 Å². The maximum atomic E-state index is 11.2. The third-order valence-electron chi connectivity index (χ3n) is 2.29. The number of hydrogen-bond donors (Lipinski definition) is 4. The molecule has 0 radical (unpaired) electrons. The molecule has 0 aromatic heterocycles. The Morgan fingerprint density at radius 1 is 1.31 bits per heavy atom. The van der Waals surface area contributed by atoms with E-state index < -0.39 is 31.1 Å². The second-order valence-electron chi connectivity index (χ2n) is 3.31. The van der Waals surface area contributed by atoms with Crippen molar-refractivity contribution in [1.29, 1.82) is 0 Å². The first kappa shape index (κ1) is 12.6. The molecular formula is C8H9O7P. The Labute approximate surface area is 89.9 Å². The molecule has 88 valence electrons. The Morgan fingerprint density at radius 2 is 1.88 bits per heavy atom. The number of aliphatic carboxylic acids is 2. The molecular weight excluding hydrogens is 239 g/mol. The van der Waals surface area contributed by atoms with Gasteiger partial charge in [-0.2, -0.15) is 0 Å². The highest BCUT2D eigenvalue weighted by Gasteiger charge is 2.53. The van der Waals surface area contributed by atoms with Crippen molar-refractivity contribution in [2.24, 2.45) is 0 Å². The van der Waals surface area contributed by atoms with E-state index in [-0.39, 0.29) is 5.57 Å². The van der Waals surface area contributed by atoms with Gasteiger partial charge in [0.05, 0.1) is 0 Å². The number of rotatable bonds is 3. The highest BCUT2D eigenvalue weighted by molar-refractivity contribution is 7.55. The van der Waals surface area contributed by atoms with Crippen LogP contribution in [-0.2, 0) is 14.2 Å². The molecule has 16 heavy (non-hydrogen) atoms. The number of allylic oxidation sites excluding steroid dienone is 2. The summed E-state index contributed by atoms with van der Waals surface area (Å²) in [7, 11) is -5.00. The summed E-state index contributed by atoms with van der Waals surface area (Å²) in [6, 6.07) is 0. The summed E-state index contributed by atoms with van der Waals surface area (Å²) in [5.41, 5.74) is -0.353. The topological polar surface area (TPSA) is 132 Å². The monoisotopic (exact) mass is 248 g/mol. The summed E-state index contributed by atoms with van der Waals surface area (Å²) in [4.78, 5) is 39.6. The van der Waals surface area contributed by atoms with Gasteiger partial charge in [-0.25, -0.2) is 4.79 Å². The van der Waals surface area contributed by atoms with Gasteiger partial charge in [0.25, 0.3) is 0 Å². The molecule has 0 aliphatic heterocycles. The largest absolute Gasteiger partial charge is 0.480 e. The molecule has 0 saturated carbocycles. The maximum absolute atomic E-state index is 11.2. The van der Waals surface area contributed by atoms with E-state index in [0.29, 0.717) is 0 Å². The normalized spacial score (nSPS) is 25.0. The van der Waals surface area contributed by atoms with Gasteiger partial charge in [-0.3, -0.25) is 9.36 Å². The second kappa shape index (κ2) is 3.86. The van der Waals surface area contributed by atoms with Crippen LogP contribution >= 0.6 is 7.60 Å². The molecule has 8 heteroatoms. The average molecular weight is 248 g/mol. The molecule has 0 heterocycles. The van der Waals surface area contributed by atoms with E-state index in [9.17, 15) is 14.2 Å². The predicted molar refractivity (Wildman–Crippen MR) is 51.9 cm³/mol. The first-order valence-corrected chi connectivity index (χ1v) is 5.73. The van der Waals surface area contributed by atoms with Gasteiger partial charge in [0.15, 0.2) is 5.16 Å². The van der Waals surface area contributed by atoms with E-state index in [2.05, 4.69) is 0 Å². The standard InChI is InChI=1S/C8H9O7P/c9-6(10)5-2-1-3-8(4-5,7(11)12)16(13,14)15/h1-3H,4H2,(H,9,10)(H,11,12)(H2,13,14,15). The number of carbonyl (C=O) groups is 2. The Kier molecular flexibility index (Phi) is 3.05. The smallest absolute Gasteiger partial charge is 0.347 e. The lowest BCUT2D eigenvalue weighted by Crippen LogP contribution is -2.38. The third-order valence-corrected chi connectivity index (χ3v) is 3.83. The van der Waals surface area contributed by atoms with Gasteiger partial charge in [-0.15, -0.1) is 0 Å². The first-order chi connectivity index (χ1) is 7.21. The van der Waals surface area contributed by atoms with Crippen molar-refractivity contribution in [3.8, 4) is 0 Å². The van der Waals surface area contributed by atoms with E-state index in [4.69, 9.17) is 20.0 Å². The highest BCUT2D eigenvalue weighted by Crippen LogP contribution is 2.55. The summed E-state index contributed by atoms with van der Waals surface area (Å²) in [6.45, 7) is 0. The van der Waals surface area contributed by atoms with Crippen LogP contribution in [0.4, 0.5) is 0 Å². The van der Waals surface area contributed by atoms with Crippen molar-refractivity contribution in [2.45, 2.75) is 11.6 Å². The van der Waals surface area contributed by atoms with Crippen molar-refractivity contribution in [1.82, 2.24) is 0 Å². The molecule has 0 amide bonds. The molecule has 0 fully saturated rings. The molecule has 0 saturated heterocycles. The van der Waals surface area contributed by atoms with Crippen LogP contribution in [0, 0.1) is 0 Å². The number of hydrogen-bond acceptors (Lipinski definition) is 3. The van der Waals surface area contributed by atoms with Crippen LogP contribution in [0.2, 0.25) is 0 Å². The summed E-state index contributed by atoms with van der Waals surface area (Å²) in [5.74, 6) is -3.15. The Morgan fingerprint density at radius 3 is 2.25 bits per heavy atom. The van der Waals surface area contributed by atoms with Gasteiger partial charge in [0, 0.05) is 12.0 Å². The van der Waals surface area contributed by atoms with Gasteiger partial charge < -0.3 is 20.0 Å². The number of carboxylic acid groups (broad SMARTS) is 2. The zero-order valence-electron chi connectivity index (χ0n) is 7.90. The molecule has 1 aliphatic rings. The van der Waals surface area contributed by atoms with Crippen molar-refractivity contribution in [3.05, 3.63) is 23.8 Å².